The molecule has 22 nitrogen and oxygen atoms in total. The van der Waals surface area contributed by atoms with Crippen LogP contribution in [0.4, 0.5) is 0 Å². The van der Waals surface area contributed by atoms with Crippen LogP contribution in [-0.2, 0) is 50.9 Å². The smallest absolute Gasteiger partial charge is 0.462 e. The zero-order valence-corrected chi connectivity index (χ0v) is 42.0. The number of esters is 2. The number of ether oxygens (including phenoxy) is 2. The molecule has 1 rings (SSSR count). The Hall–Kier alpha value is -0.970. The Morgan fingerprint density at radius 3 is 1.09 bits per heavy atom. The van der Waals surface area contributed by atoms with Crippen LogP contribution < -0.4 is 18.5 Å². The molecule has 1 aliphatic rings. The topological polar surface area (TPSA) is 408 Å². The molecular weight excluding hydrogens is 931 g/mol. The fourth-order valence-electron chi connectivity index (χ4n) is 7.09. The third kappa shape index (κ3) is 35.2. The summed E-state index contributed by atoms with van der Waals surface area (Å²) in [5, 5.41) is 32.0. The van der Waals surface area contributed by atoms with E-state index in [0.29, 0.717) is 19.3 Å². The Kier molecular flexibility index (Phi) is 35.7. The molecule has 0 aromatic carbocycles. The standard InChI is InChI=1S/C41H81O19P3.3H3N/c1-3-5-7-9-11-13-15-17-19-21-23-25-27-29-34(42)55-31-33(57-35(43)30-28-26-24-22-20-18-16-14-12-10-8-6-4-2)32-56-63(53,54)60-41-37(45)39(58-61(47,48)49)36(44)40(38(41)46)59-62(50,51)52;;;/h33,36-41,44-46H,3-32H2,1-2H3,(H,53,54)(H2,47,48,49)(H2,50,51,52);3*1H3/t33-,36?,37-,38-,39-,40+,41?;;;/m1.../s1/i31D2,32D2,33D;;;. The van der Waals surface area contributed by atoms with Gasteiger partial charge >= 0.3 is 35.4 Å². The van der Waals surface area contributed by atoms with Gasteiger partial charge in [-0.15, -0.1) is 0 Å². The molecule has 0 aromatic rings. The second-order valence-corrected chi connectivity index (χ2v) is 19.9. The van der Waals surface area contributed by atoms with Crippen LogP contribution in [-0.4, -0.2) is 108 Å². The van der Waals surface area contributed by atoms with E-state index in [1.807, 2.05) is 0 Å². The number of hydrogen-bond donors (Lipinski definition) is 11. The highest BCUT2D eigenvalue weighted by atomic mass is 31.2. The summed E-state index contributed by atoms with van der Waals surface area (Å²) in [7, 11) is -17.8. The summed E-state index contributed by atoms with van der Waals surface area (Å²) in [5.74, 6) is -2.69. The van der Waals surface area contributed by atoms with Gasteiger partial charge in [-0.05, 0) is 12.8 Å². The molecule has 0 radical (unpaired) electrons. The molecule has 25 heteroatoms. The second kappa shape index (κ2) is 39.7. The van der Waals surface area contributed by atoms with Crippen LogP contribution in [0.25, 0.3) is 0 Å². The fourth-order valence-corrected chi connectivity index (χ4v) is 9.02. The van der Waals surface area contributed by atoms with Crippen LogP contribution in [0.2, 0.25) is 0 Å². The number of carbonyl (C=O) groups excluding carboxylic acids is 2. The summed E-state index contributed by atoms with van der Waals surface area (Å²) in [4.78, 5) is 74.1. The molecule has 1 saturated carbocycles. The largest absolute Gasteiger partial charge is 0.472 e. The molecule has 1 aliphatic carbocycles. The first-order valence-electron chi connectivity index (χ1n) is 25.3. The Morgan fingerprint density at radius 2 is 0.773 bits per heavy atom. The van der Waals surface area contributed by atoms with Gasteiger partial charge in [-0.3, -0.25) is 27.7 Å². The van der Waals surface area contributed by atoms with Crippen LogP contribution >= 0.6 is 23.5 Å². The number of rotatable bonds is 40. The molecule has 0 aromatic heterocycles. The number of phosphoric acid groups is 3. The lowest BCUT2D eigenvalue weighted by atomic mass is 9.85. The highest BCUT2D eigenvalue weighted by Gasteiger charge is 2.56. The summed E-state index contributed by atoms with van der Waals surface area (Å²) in [5.41, 5.74) is 0. The average Bonchev–Trinajstić information content (AvgIpc) is 3.21. The van der Waals surface area contributed by atoms with Crippen molar-refractivity contribution < 1.29 is 97.5 Å². The summed E-state index contributed by atoms with van der Waals surface area (Å²) in [6.07, 6.45) is 3.78. The Labute approximate surface area is 400 Å². The number of aliphatic hydroxyl groups is 3. The van der Waals surface area contributed by atoms with Crippen LogP contribution in [0.3, 0.4) is 0 Å². The predicted octanol–water partition coefficient (Wildman–Crippen LogP) is 8.44. The van der Waals surface area contributed by atoms with E-state index in [0.717, 1.165) is 64.2 Å². The van der Waals surface area contributed by atoms with Gasteiger partial charge < -0.3 is 67.7 Å². The van der Waals surface area contributed by atoms with Crippen LogP contribution in [0.15, 0.2) is 0 Å². The SMILES string of the molecule is N.N.N.[2H]C([2H])(OC(=O)CCCCCCCCCCCCCCC)[C@@]([2H])(OC(=O)CCCCCCCCCCCCCCC)C([2H])([2H])OP(=O)(O)OC1[C@H](O)[C@H](OP(=O)(O)O)C(O)[C@H](OP(=O)(O)O)[C@H]1O. The zero-order chi connectivity index (χ0) is 51.7. The van der Waals surface area contributed by atoms with Crippen LogP contribution in [0.5, 0.6) is 0 Å². The molecule has 0 heterocycles. The van der Waals surface area contributed by atoms with Crippen molar-refractivity contribution in [2.45, 2.75) is 236 Å². The van der Waals surface area contributed by atoms with E-state index in [1.54, 1.807) is 0 Å². The van der Waals surface area contributed by atoms with Crippen molar-refractivity contribution in [2.24, 2.45) is 0 Å². The summed E-state index contributed by atoms with van der Waals surface area (Å²) in [6.45, 7) is -3.99. The number of unbranched alkanes of at least 4 members (excludes halogenated alkanes) is 24. The van der Waals surface area contributed by atoms with Gasteiger partial charge in [-0.1, -0.05) is 168 Å². The van der Waals surface area contributed by atoms with Crippen LogP contribution in [0, 0.1) is 0 Å². The average molecular weight is 1030 g/mol. The fraction of sp³-hybridized carbons (Fsp3) is 0.951. The molecule has 398 valence electrons. The van der Waals surface area contributed by atoms with Crippen molar-refractivity contribution in [3.8, 4) is 0 Å². The van der Waals surface area contributed by atoms with Crippen molar-refractivity contribution in [1.82, 2.24) is 18.5 Å². The van der Waals surface area contributed by atoms with E-state index in [1.165, 1.54) is 70.6 Å². The van der Waals surface area contributed by atoms with Gasteiger partial charge in [0.05, 0.1) is 13.4 Å². The quantitative estimate of drug-likeness (QED) is 0.0156. The van der Waals surface area contributed by atoms with E-state index < -0.39 is 104 Å². The molecule has 17 N–H and O–H groups in total. The zero-order valence-electron chi connectivity index (χ0n) is 44.3. The van der Waals surface area contributed by atoms with E-state index in [9.17, 15) is 63.1 Å². The Balaban J connectivity index is -0.0000154. The predicted molar refractivity (Wildman–Crippen MR) is 249 cm³/mol. The van der Waals surface area contributed by atoms with Gasteiger partial charge in [0.25, 0.3) is 0 Å². The maximum atomic E-state index is 13.4. The van der Waals surface area contributed by atoms with Gasteiger partial charge in [0.2, 0.25) is 0 Å². The highest BCUT2D eigenvalue weighted by Crippen LogP contribution is 2.51. The van der Waals surface area contributed by atoms with Gasteiger partial charge in [-0.25, -0.2) is 13.7 Å². The van der Waals surface area contributed by atoms with E-state index in [2.05, 4.69) is 31.9 Å². The summed E-state index contributed by atoms with van der Waals surface area (Å²) >= 11 is 0. The Morgan fingerprint density at radius 1 is 0.485 bits per heavy atom. The molecule has 8 atom stereocenters. The molecule has 1 fully saturated rings. The first-order chi connectivity index (χ1) is 31.6. The third-order valence-electron chi connectivity index (χ3n) is 10.5. The number of hydrogen-bond acceptors (Lipinski definition) is 17. The molecule has 0 bridgehead atoms. The first-order valence-corrected chi connectivity index (χ1v) is 27.4. The van der Waals surface area contributed by atoms with Crippen molar-refractivity contribution in [3.05, 3.63) is 0 Å². The summed E-state index contributed by atoms with van der Waals surface area (Å²) < 4.78 is 107. The maximum absolute atomic E-state index is 13.4. The Bertz CT molecular complexity index is 1560. The van der Waals surface area contributed by atoms with E-state index in [-0.39, 0.29) is 31.3 Å². The van der Waals surface area contributed by atoms with Gasteiger partial charge in [0.1, 0.15) is 43.2 Å². The van der Waals surface area contributed by atoms with Crippen molar-refractivity contribution >= 4 is 35.4 Å². The van der Waals surface area contributed by atoms with E-state index >= 15 is 0 Å². The highest BCUT2D eigenvalue weighted by molar-refractivity contribution is 7.47. The van der Waals surface area contributed by atoms with Crippen molar-refractivity contribution in [1.29, 1.82) is 0 Å². The minimum absolute atomic E-state index is 0. The minimum atomic E-state index is -6.37. The molecule has 0 spiro atoms. The maximum Gasteiger partial charge on any atom is 0.472 e. The lowest BCUT2D eigenvalue weighted by molar-refractivity contribution is -0.213. The van der Waals surface area contributed by atoms with Crippen molar-refractivity contribution in [3.63, 3.8) is 0 Å². The van der Waals surface area contributed by atoms with Crippen molar-refractivity contribution in [2.75, 3.05) is 13.1 Å². The lowest BCUT2D eigenvalue weighted by Crippen LogP contribution is -2.65. The van der Waals surface area contributed by atoms with E-state index in [4.69, 9.17) is 16.3 Å². The third-order valence-corrected chi connectivity index (χ3v) is 12.4. The molecule has 0 aliphatic heterocycles. The summed E-state index contributed by atoms with van der Waals surface area (Å²) in [6, 6.07) is 0. The number of phosphoric ester groups is 3. The monoisotopic (exact) mass is 1030 g/mol. The minimum Gasteiger partial charge on any atom is -0.462 e. The second-order valence-electron chi connectivity index (χ2n) is 16.2. The molecule has 3 unspecified atom stereocenters. The normalized spacial score (nSPS) is 23.2. The lowest BCUT2D eigenvalue weighted by Gasteiger charge is -2.44. The molecule has 66 heavy (non-hydrogen) atoms. The first kappa shape index (κ1) is 59.3. The number of carbonyl (C=O) groups is 2. The number of aliphatic hydroxyl groups excluding tert-OH is 3. The molecule has 0 amide bonds. The van der Waals surface area contributed by atoms with Gasteiger partial charge in [0.15, 0.2) is 6.08 Å². The van der Waals surface area contributed by atoms with Crippen LogP contribution in [0.1, 0.15) is 200 Å². The molecular formula is C41H90N3O19P3. The van der Waals surface area contributed by atoms with Gasteiger partial charge in [-0.2, -0.15) is 0 Å². The molecule has 0 saturated heterocycles. The van der Waals surface area contributed by atoms with Gasteiger partial charge in [0, 0.05) is 12.8 Å².